The average Bonchev–Trinajstić information content (AvgIpc) is 3.10. The molecule has 5 heteroatoms. The Hall–Kier alpha value is -1.88. The number of benzene rings is 1. The monoisotopic (exact) mass is 332 g/mol. The van der Waals surface area contributed by atoms with Gasteiger partial charge >= 0.3 is 0 Å². The molecule has 0 saturated heterocycles. The van der Waals surface area contributed by atoms with Crippen molar-refractivity contribution in [1.82, 2.24) is 5.48 Å². The molecule has 24 heavy (non-hydrogen) atoms. The van der Waals surface area contributed by atoms with Crippen LogP contribution in [0, 0.1) is 0 Å². The number of para-hydroxylation sites is 1. The van der Waals surface area contributed by atoms with Crippen molar-refractivity contribution in [2.24, 2.45) is 0 Å². The van der Waals surface area contributed by atoms with Crippen molar-refractivity contribution in [1.29, 1.82) is 0 Å². The summed E-state index contributed by atoms with van der Waals surface area (Å²) in [7, 11) is 0. The minimum atomic E-state index is -0.0382. The molecule has 0 aliphatic heterocycles. The average molecular weight is 332 g/mol. The zero-order valence-electron chi connectivity index (χ0n) is 14.3. The number of rotatable bonds is 10. The summed E-state index contributed by atoms with van der Waals surface area (Å²) in [5, 5.41) is 2.87. The van der Waals surface area contributed by atoms with Crippen LogP contribution in [0.2, 0.25) is 0 Å². The Kier molecular flexibility index (Phi) is 8.32. The quantitative estimate of drug-likeness (QED) is 0.503. The second kappa shape index (κ2) is 10.8. The number of hydrogen-bond donors (Lipinski definition) is 2. The van der Waals surface area contributed by atoms with Crippen LogP contribution in [0.15, 0.2) is 30.3 Å². The topological polar surface area (TPSA) is 67.4 Å². The lowest BCUT2D eigenvalue weighted by molar-refractivity contribution is -0.138. The number of nitrogens with one attached hydrogen (secondary N) is 2. The summed E-state index contributed by atoms with van der Waals surface area (Å²) in [6.45, 7) is 0. The van der Waals surface area contributed by atoms with E-state index in [0.29, 0.717) is 12.8 Å². The Morgan fingerprint density at radius 3 is 2.21 bits per heavy atom. The molecule has 2 amide bonds. The van der Waals surface area contributed by atoms with Crippen LogP contribution in [0.5, 0.6) is 0 Å². The summed E-state index contributed by atoms with van der Waals surface area (Å²) in [6, 6.07) is 9.48. The van der Waals surface area contributed by atoms with Gasteiger partial charge in [0.2, 0.25) is 11.8 Å². The Labute approximate surface area is 144 Å². The number of hydroxylamine groups is 1. The van der Waals surface area contributed by atoms with Crippen LogP contribution in [0.25, 0.3) is 0 Å². The molecule has 0 unspecified atom stereocenters. The second-order valence-corrected chi connectivity index (χ2v) is 6.38. The van der Waals surface area contributed by atoms with Crippen LogP contribution in [-0.2, 0) is 14.4 Å². The molecule has 1 aromatic carbocycles. The Bertz CT molecular complexity index is 499. The highest BCUT2D eigenvalue weighted by molar-refractivity contribution is 5.90. The van der Waals surface area contributed by atoms with Crippen molar-refractivity contribution >= 4 is 17.5 Å². The summed E-state index contributed by atoms with van der Waals surface area (Å²) in [4.78, 5) is 28.8. The van der Waals surface area contributed by atoms with Crippen molar-refractivity contribution in [2.45, 2.75) is 70.3 Å². The first-order chi connectivity index (χ1) is 11.7. The molecule has 0 aromatic heterocycles. The second-order valence-electron chi connectivity index (χ2n) is 6.38. The van der Waals surface area contributed by atoms with Gasteiger partial charge in [0.05, 0.1) is 6.10 Å². The van der Waals surface area contributed by atoms with E-state index in [1.54, 1.807) is 0 Å². The third-order valence-electron chi connectivity index (χ3n) is 4.26. The van der Waals surface area contributed by atoms with E-state index in [0.717, 1.165) is 44.2 Å². The first-order valence-electron chi connectivity index (χ1n) is 9.03. The number of amides is 2. The van der Waals surface area contributed by atoms with E-state index >= 15 is 0 Å². The molecule has 5 nitrogen and oxygen atoms in total. The van der Waals surface area contributed by atoms with Gasteiger partial charge in [-0.3, -0.25) is 14.4 Å². The van der Waals surface area contributed by atoms with Gasteiger partial charge in [0.25, 0.3) is 0 Å². The van der Waals surface area contributed by atoms with Crippen LogP contribution >= 0.6 is 0 Å². The third-order valence-corrected chi connectivity index (χ3v) is 4.26. The van der Waals surface area contributed by atoms with Crippen LogP contribution in [-0.4, -0.2) is 17.9 Å². The lowest BCUT2D eigenvalue weighted by Crippen LogP contribution is -2.28. The van der Waals surface area contributed by atoms with Gasteiger partial charge in [0.1, 0.15) is 0 Å². The van der Waals surface area contributed by atoms with Gasteiger partial charge in [-0.1, -0.05) is 43.9 Å². The van der Waals surface area contributed by atoms with E-state index in [-0.39, 0.29) is 17.9 Å². The highest BCUT2D eigenvalue weighted by Crippen LogP contribution is 2.19. The van der Waals surface area contributed by atoms with Crippen molar-refractivity contribution in [3.8, 4) is 0 Å². The van der Waals surface area contributed by atoms with Crippen molar-refractivity contribution in [3.63, 3.8) is 0 Å². The maximum atomic E-state index is 11.8. The van der Waals surface area contributed by atoms with E-state index in [9.17, 15) is 9.59 Å². The number of hydrogen-bond acceptors (Lipinski definition) is 3. The Balaban J connectivity index is 1.43. The van der Waals surface area contributed by atoms with Crippen LogP contribution in [0.4, 0.5) is 5.69 Å². The summed E-state index contributed by atoms with van der Waals surface area (Å²) >= 11 is 0. The fourth-order valence-corrected chi connectivity index (χ4v) is 2.88. The molecule has 1 aliphatic rings. The number of anilines is 1. The largest absolute Gasteiger partial charge is 0.326 e. The molecule has 0 atom stereocenters. The van der Waals surface area contributed by atoms with E-state index in [1.807, 2.05) is 30.3 Å². The lowest BCUT2D eigenvalue weighted by Gasteiger charge is -2.11. The summed E-state index contributed by atoms with van der Waals surface area (Å²) in [6.07, 6.45) is 9.28. The van der Waals surface area contributed by atoms with Gasteiger partial charge < -0.3 is 5.32 Å². The molecule has 0 radical (unpaired) electrons. The molecular weight excluding hydrogens is 304 g/mol. The molecule has 132 valence electrons. The molecule has 0 bridgehead atoms. The fraction of sp³-hybridized carbons (Fsp3) is 0.579. The minimum Gasteiger partial charge on any atom is -0.326 e. The van der Waals surface area contributed by atoms with Gasteiger partial charge in [0, 0.05) is 18.5 Å². The molecular formula is C19H28N2O3. The summed E-state index contributed by atoms with van der Waals surface area (Å²) < 4.78 is 0. The highest BCUT2D eigenvalue weighted by atomic mass is 16.7. The zero-order valence-corrected chi connectivity index (χ0v) is 14.3. The Morgan fingerprint density at radius 1 is 0.917 bits per heavy atom. The Morgan fingerprint density at radius 2 is 1.54 bits per heavy atom. The van der Waals surface area contributed by atoms with Gasteiger partial charge in [-0.05, 0) is 37.8 Å². The van der Waals surface area contributed by atoms with Gasteiger partial charge in [-0.2, -0.15) is 0 Å². The van der Waals surface area contributed by atoms with E-state index in [4.69, 9.17) is 4.84 Å². The highest BCUT2D eigenvalue weighted by Gasteiger charge is 2.16. The maximum absolute atomic E-state index is 11.8. The first kappa shape index (κ1) is 18.5. The van der Waals surface area contributed by atoms with Crippen LogP contribution < -0.4 is 10.8 Å². The first-order valence-corrected chi connectivity index (χ1v) is 9.03. The molecule has 0 heterocycles. The fourth-order valence-electron chi connectivity index (χ4n) is 2.88. The molecule has 1 aromatic rings. The predicted octanol–water partition coefficient (Wildman–Crippen LogP) is 3.96. The molecule has 0 spiro atoms. The minimum absolute atomic E-state index is 0.0382. The van der Waals surface area contributed by atoms with Crippen molar-refractivity contribution in [2.75, 3.05) is 5.32 Å². The zero-order chi connectivity index (χ0) is 17.0. The van der Waals surface area contributed by atoms with Crippen molar-refractivity contribution in [3.05, 3.63) is 30.3 Å². The molecule has 1 saturated carbocycles. The smallest absolute Gasteiger partial charge is 0.243 e. The normalized spacial score (nSPS) is 14.5. The van der Waals surface area contributed by atoms with Crippen molar-refractivity contribution < 1.29 is 14.4 Å². The molecule has 2 N–H and O–H groups in total. The van der Waals surface area contributed by atoms with E-state index in [2.05, 4.69) is 10.8 Å². The predicted molar refractivity (Wildman–Crippen MR) is 94.3 cm³/mol. The lowest BCUT2D eigenvalue weighted by atomic mass is 10.1. The summed E-state index contributed by atoms with van der Waals surface area (Å²) in [5.41, 5.74) is 3.39. The van der Waals surface area contributed by atoms with Crippen LogP contribution in [0.1, 0.15) is 64.2 Å². The maximum Gasteiger partial charge on any atom is 0.243 e. The van der Waals surface area contributed by atoms with Crippen LogP contribution in [0.3, 0.4) is 0 Å². The van der Waals surface area contributed by atoms with E-state index in [1.165, 1.54) is 12.8 Å². The van der Waals surface area contributed by atoms with Gasteiger partial charge in [-0.25, -0.2) is 5.48 Å². The summed E-state index contributed by atoms with van der Waals surface area (Å²) in [5.74, 6) is 0.00706. The SMILES string of the molecule is O=C(CCCCCCC(=O)Nc1ccccc1)NOC1CCCC1. The van der Waals surface area contributed by atoms with Gasteiger partial charge in [0.15, 0.2) is 0 Å². The van der Waals surface area contributed by atoms with E-state index < -0.39 is 0 Å². The third kappa shape index (κ3) is 7.59. The molecule has 1 aliphatic carbocycles. The van der Waals surface area contributed by atoms with Gasteiger partial charge in [-0.15, -0.1) is 0 Å². The standard InChI is InChI=1S/C19H28N2O3/c22-18(20-16-10-4-3-5-11-16)14-6-1-2-7-15-19(23)21-24-17-12-8-9-13-17/h3-5,10-11,17H,1-2,6-9,12-15H2,(H,20,22)(H,21,23). The molecule has 1 fully saturated rings. The number of unbranched alkanes of at least 4 members (excludes halogenated alkanes) is 3. The number of carbonyl (C=O) groups excluding carboxylic acids is 2. The molecule has 2 rings (SSSR count). The number of carbonyl (C=O) groups is 2.